The van der Waals surface area contributed by atoms with Crippen molar-refractivity contribution in [3.05, 3.63) is 358 Å². The summed E-state index contributed by atoms with van der Waals surface area (Å²) in [6, 6.07) is 133. The summed E-state index contributed by atoms with van der Waals surface area (Å²) in [6.07, 6.45) is 0. The summed E-state index contributed by atoms with van der Waals surface area (Å²) in [5.41, 5.74) is 25.6. The van der Waals surface area contributed by atoms with Gasteiger partial charge in [-0.3, -0.25) is 0 Å². The first-order chi connectivity index (χ1) is 53.1. The number of hydrogen-bond donors (Lipinski definition) is 0. The Labute approximate surface area is 631 Å². The van der Waals surface area contributed by atoms with E-state index in [-0.39, 0.29) is 13.4 Å². The maximum absolute atomic E-state index is 8.13. The minimum Gasteiger partial charge on any atom is -0.458 e. The fourth-order valence-electron chi connectivity index (χ4n) is 18.1. The highest BCUT2D eigenvalue weighted by atomic mass is 32.1. The maximum atomic E-state index is 8.13. The molecule has 0 spiro atoms. The molecule has 0 saturated heterocycles. The number of hydrogen-bond acceptors (Lipinski definition) is 9. The molecule has 6 nitrogen and oxygen atoms in total. The Morgan fingerprint density at radius 1 is 0.252 bits per heavy atom. The summed E-state index contributed by atoms with van der Waals surface area (Å²) in [5, 5.41) is 7.39. The van der Waals surface area contributed by atoms with Crippen molar-refractivity contribution in [1.82, 2.24) is 0 Å². The monoisotopic (exact) mass is 1420 g/mol. The van der Waals surface area contributed by atoms with E-state index in [0.717, 1.165) is 119 Å². The lowest BCUT2D eigenvalue weighted by atomic mass is 9.30. The molecule has 3 aromatic heterocycles. The first-order valence-electron chi connectivity index (χ1n) is 36.5. The first-order valence-corrected chi connectivity index (χ1v) is 39.0. The molecule has 498 valence electrons. The average molecular weight is 1420 g/mol. The van der Waals surface area contributed by atoms with Crippen molar-refractivity contribution in [3.63, 3.8) is 0 Å². The zero-order valence-electron chi connectivity index (χ0n) is 57.6. The summed E-state index contributed by atoms with van der Waals surface area (Å²) in [7, 11) is 0. The van der Waals surface area contributed by atoms with Gasteiger partial charge in [0.25, 0.3) is 13.4 Å². The zero-order valence-corrected chi connectivity index (χ0v) is 60.0. The van der Waals surface area contributed by atoms with Gasteiger partial charge in [0.1, 0.15) is 11.5 Å². The van der Waals surface area contributed by atoms with Crippen molar-refractivity contribution >= 4 is 226 Å². The van der Waals surface area contributed by atoms with Gasteiger partial charge in [-0.1, -0.05) is 218 Å². The van der Waals surface area contributed by atoms with Gasteiger partial charge >= 0.3 is 0 Å². The molecule has 0 radical (unpaired) electrons. The summed E-state index contributed by atoms with van der Waals surface area (Å²) < 4.78 is 15.6. The van der Waals surface area contributed by atoms with Crippen LogP contribution in [0.5, 0.6) is 11.5 Å². The van der Waals surface area contributed by atoms with Crippen LogP contribution in [0.15, 0.2) is 358 Å². The quantitative estimate of drug-likeness (QED) is 0.127. The Hall–Kier alpha value is -12.9. The summed E-state index contributed by atoms with van der Waals surface area (Å²) in [6.45, 7) is -0.492. The topological polar surface area (TPSA) is 25.4 Å². The van der Waals surface area contributed by atoms with E-state index in [1.165, 1.54) is 82.4 Å². The molecule has 0 fully saturated rings. The molecule has 11 heteroatoms. The first kappa shape index (κ1) is 60.5. The van der Waals surface area contributed by atoms with Crippen LogP contribution in [0.4, 0.5) is 85.3 Å². The van der Waals surface area contributed by atoms with Gasteiger partial charge in [0.05, 0.1) is 34.1 Å². The highest BCUT2D eigenvalue weighted by Crippen LogP contribution is 2.56. The number of para-hydroxylation sites is 6. The van der Waals surface area contributed by atoms with Crippen molar-refractivity contribution in [3.8, 4) is 22.6 Å². The van der Waals surface area contributed by atoms with E-state index in [4.69, 9.17) is 4.74 Å². The van der Waals surface area contributed by atoms with Crippen molar-refractivity contribution < 1.29 is 4.74 Å². The largest absolute Gasteiger partial charge is 0.458 e. The number of fused-ring (bicyclic) bond motifs is 17. The Morgan fingerprint density at radius 2 is 0.673 bits per heavy atom. The molecule has 23 rings (SSSR count). The van der Waals surface area contributed by atoms with E-state index < -0.39 is 0 Å². The fraction of sp³-hybridized carbons (Fsp3) is 0. The van der Waals surface area contributed by atoms with Crippen molar-refractivity contribution in [2.24, 2.45) is 0 Å². The minimum atomic E-state index is -0.258. The van der Waals surface area contributed by atoms with Crippen LogP contribution in [0.1, 0.15) is 0 Å². The number of benzene rings is 16. The third-order valence-electron chi connectivity index (χ3n) is 22.4. The van der Waals surface area contributed by atoms with E-state index >= 15 is 0 Å². The van der Waals surface area contributed by atoms with E-state index in [2.05, 4.69) is 382 Å². The van der Waals surface area contributed by atoms with Gasteiger partial charge in [-0.25, -0.2) is 0 Å². The molecule has 19 aromatic rings. The second-order valence-corrected chi connectivity index (χ2v) is 31.4. The number of nitrogens with zero attached hydrogens (tertiary/aromatic N) is 5. The lowest BCUT2D eigenvalue weighted by molar-refractivity contribution is 0.488. The summed E-state index contributed by atoms with van der Waals surface area (Å²) >= 11 is 5.57. The third-order valence-corrected chi connectivity index (χ3v) is 25.8. The molecular formula is C96H59B2N5OS3. The van der Waals surface area contributed by atoms with Gasteiger partial charge in [-0.2, -0.15) is 0 Å². The lowest BCUT2D eigenvalue weighted by Crippen LogP contribution is -2.64. The number of anilines is 15. The van der Waals surface area contributed by atoms with E-state index in [0.29, 0.717) is 0 Å². The summed E-state index contributed by atoms with van der Waals surface area (Å²) in [5.74, 6) is 1.63. The highest BCUT2D eigenvalue weighted by molar-refractivity contribution is 7.26. The van der Waals surface area contributed by atoms with Crippen LogP contribution in [0, 0.1) is 0 Å². The van der Waals surface area contributed by atoms with E-state index in [9.17, 15) is 0 Å². The Bertz CT molecular complexity index is 6880. The van der Waals surface area contributed by atoms with Gasteiger partial charge in [-0.15, -0.1) is 34.0 Å². The second kappa shape index (κ2) is 23.8. The van der Waals surface area contributed by atoms with Crippen LogP contribution < -0.4 is 62.0 Å². The normalized spacial score (nSPS) is 13.0. The van der Waals surface area contributed by atoms with Crippen LogP contribution in [0.2, 0.25) is 0 Å². The molecule has 0 amide bonds. The van der Waals surface area contributed by atoms with Crippen molar-refractivity contribution in [1.29, 1.82) is 0 Å². The van der Waals surface area contributed by atoms with Gasteiger partial charge in [-0.05, 0) is 166 Å². The van der Waals surface area contributed by atoms with Crippen molar-refractivity contribution in [2.45, 2.75) is 0 Å². The highest BCUT2D eigenvalue weighted by Gasteiger charge is 2.49. The van der Waals surface area contributed by atoms with E-state index in [1.54, 1.807) is 0 Å². The maximum Gasteiger partial charge on any atom is 0.256 e. The number of thiophene rings is 3. The fourth-order valence-corrected chi connectivity index (χ4v) is 21.5. The molecule has 4 aliphatic rings. The molecule has 0 bridgehead atoms. The Balaban J connectivity index is 0.830. The number of ether oxygens (including phenoxy) is 1. The lowest BCUT2D eigenvalue weighted by Gasteiger charge is -2.46. The predicted octanol–water partition coefficient (Wildman–Crippen LogP) is 23.9. The van der Waals surface area contributed by atoms with Gasteiger partial charge in [0, 0.05) is 129 Å². The van der Waals surface area contributed by atoms with Gasteiger partial charge < -0.3 is 29.2 Å². The van der Waals surface area contributed by atoms with E-state index in [1.807, 2.05) is 34.0 Å². The van der Waals surface area contributed by atoms with Crippen LogP contribution in [0.25, 0.3) is 71.6 Å². The zero-order chi connectivity index (χ0) is 70.0. The molecule has 0 N–H and O–H groups in total. The predicted molar refractivity (Wildman–Crippen MR) is 460 cm³/mol. The summed E-state index contributed by atoms with van der Waals surface area (Å²) in [4.78, 5) is 12.7. The van der Waals surface area contributed by atoms with Gasteiger partial charge in [0.15, 0.2) is 0 Å². The molecule has 16 aromatic carbocycles. The molecule has 7 heterocycles. The molecule has 0 aliphatic carbocycles. The van der Waals surface area contributed by atoms with Gasteiger partial charge in [0.2, 0.25) is 0 Å². The molecule has 4 aliphatic heterocycles. The SMILES string of the molecule is c1ccc(-c2ccccc2N(c2ccccc2)c2cc3c4c(c2)N(c2cccc5sc6ccccc6c25)c2ccccc2B4c2cc4c(cc2O3)N(c2cccc3sc5ccccc5c23)c2cc(N(c3ccccc3)c3cccc5sc6ccccc6c35)cc3c2B4c2ccccc2N3c2ccccc2)cc1. The van der Waals surface area contributed by atoms with Crippen LogP contribution >= 0.6 is 34.0 Å². The van der Waals surface area contributed by atoms with Crippen LogP contribution in [0.3, 0.4) is 0 Å². The molecule has 0 atom stereocenters. The molecule has 0 saturated carbocycles. The molecule has 107 heavy (non-hydrogen) atoms. The Morgan fingerprint density at radius 3 is 1.29 bits per heavy atom. The van der Waals surface area contributed by atoms with Crippen molar-refractivity contribution in [2.75, 3.05) is 24.5 Å². The number of rotatable bonds is 10. The Kier molecular flexibility index (Phi) is 13.5. The van der Waals surface area contributed by atoms with Crippen LogP contribution in [-0.4, -0.2) is 13.4 Å². The smallest absolute Gasteiger partial charge is 0.256 e. The molecule has 0 unspecified atom stereocenters. The average Bonchev–Trinajstić information content (AvgIpc) is 0.849. The standard InChI is InChI=1S/C96H59B2N5OS3/c1-5-28-60(29-6-1)66-36-13-19-42-74(66)99(61-30-7-2-8-31-61)65-56-83-96-85(57-65)104-84-59-80-72(58-73(84)98(96)71-41-18-21-44-76(71)102(83)78-46-26-52-90-93(78)68-38-15-23-49-87(68)106-90)97-70-40-17-20-43-75(70)101(63-34-11-4-12-35-63)81-54-64(55-82(95(81)97)103(80)79-47-27-53-91-94(79)69-39-16-24-50-88(69)107-91)100(62-32-9-3-10-33-62)77-45-25-51-89-92(77)67-37-14-22-48-86(67)105-89/h1-59H. The molecular weight excluding hydrogens is 1360 g/mol. The second-order valence-electron chi connectivity index (χ2n) is 28.1. The van der Waals surface area contributed by atoms with Crippen LogP contribution in [-0.2, 0) is 0 Å². The third kappa shape index (κ3) is 9.12. The minimum absolute atomic E-state index is 0.234.